The molecule has 0 bridgehead atoms. The van der Waals surface area contributed by atoms with Gasteiger partial charge in [-0.2, -0.15) is 9.57 Å². The Morgan fingerprint density at radius 1 is 1.26 bits per heavy atom. The van der Waals surface area contributed by atoms with E-state index in [9.17, 15) is 8.42 Å². The Morgan fingerprint density at radius 2 is 2.04 bits per heavy atom. The number of ether oxygens (including phenoxy) is 1. The lowest BCUT2D eigenvalue weighted by Crippen LogP contribution is -2.50. The van der Waals surface area contributed by atoms with Crippen LogP contribution in [0.1, 0.15) is 18.5 Å². The van der Waals surface area contributed by atoms with Crippen molar-refractivity contribution < 1.29 is 13.2 Å². The van der Waals surface area contributed by atoms with Gasteiger partial charge in [-0.05, 0) is 25.0 Å². The van der Waals surface area contributed by atoms with E-state index in [1.165, 1.54) is 0 Å². The SMILES string of the molecule is N#Cc1ccc(N2CCCC(S(=O)(=O)N3CCOCC3)C2)cn1. The maximum Gasteiger partial charge on any atom is 0.218 e. The van der Waals surface area contributed by atoms with Crippen LogP contribution in [0, 0.1) is 11.3 Å². The zero-order valence-corrected chi connectivity index (χ0v) is 13.7. The first-order chi connectivity index (χ1) is 11.1. The smallest absolute Gasteiger partial charge is 0.218 e. The van der Waals surface area contributed by atoms with Crippen molar-refractivity contribution >= 4 is 15.7 Å². The number of piperidine rings is 1. The molecule has 124 valence electrons. The van der Waals surface area contributed by atoms with E-state index in [1.807, 2.05) is 17.0 Å². The molecule has 2 aliphatic rings. The van der Waals surface area contributed by atoms with Crippen molar-refractivity contribution in [1.29, 1.82) is 5.26 Å². The van der Waals surface area contributed by atoms with E-state index in [0.29, 0.717) is 45.0 Å². The second kappa shape index (κ2) is 6.83. The van der Waals surface area contributed by atoms with E-state index < -0.39 is 15.3 Å². The van der Waals surface area contributed by atoms with Gasteiger partial charge in [-0.1, -0.05) is 0 Å². The molecule has 0 amide bonds. The van der Waals surface area contributed by atoms with Crippen LogP contribution < -0.4 is 4.90 Å². The van der Waals surface area contributed by atoms with Crippen LogP contribution in [-0.4, -0.2) is 62.3 Å². The van der Waals surface area contributed by atoms with Gasteiger partial charge in [0.15, 0.2) is 0 Å². The van der Waals surface area contributed by atoms with Gasteiger partial charge < -0.3 is 9.64 Å². The van der Waals surface area contributed by atoms with Crippen molar-refractivity contribution in [2.45, 2.75) is 18.1 Å². The Balaban J connectivity index is 1.73. The van der Waals surface area contributed by atoms with E-state index in [2.05, 4.69) is 4.98 Å². The third-order valence-electron chi connectivity index (χ3n) is 4.36. The summed E-state index contributed by atoms with van der Waals surface area (Å²) in [6, 6.07) is 5.48. The van der Waals surface area contributed by atoms with Gasteiger partial charge in [-0.15, -0.1) is 0 Å². The van der Waals surface area contributed by atoms with E-state index in [4.69, 9.17) is 10.00 Å². The Bertz CT molecular complexity index is 678. The number of sulfonamides is 1. The third kappa shape index (κ3) is 3.47. The van der Waals surface area contributed by atoms with Crippen molar-refractivity contribution in [3.05, 3.63) is 24.0 Å². The van der Waals surface area contributed by atoms with Gasteiger partial charge in [0, 0.05) is 26.2 Å². The minimum atomic E-state index is -3.30. The molecule has 2 fully saturated rings. The molecule has 0 saturated carbocycles. The standard InChI is InChI=1S/C15H20N4O3S/c16-10-13-3-4-14(11-17-13)18-5-1-2-15(12-18)23(20,21)19-6-8-22-9-7-19/h3-4,11,15H,1-2,5-9,12H2. The first-order valence-electron chi connectivity index (χ1n) is 7.79. The molecule has 1 aromatic heterocycles. The highest BCUT2D eigenvalue weighted by Gasteiger charge is 2.36. The molecule has 3 rings (SSSR count). The van der Waals surface area contributed by atoms with Crippen LogP contribution in [0.3, 0.4) is 0 Å². The summed E-state index contributed by atoms with van der Waals surface area (Å²) in [6.45, 7) is 3.09. The fourth-order valence-corrected chi connectivity index (χ4v) is 4.98. The van der Waals surface area contributed by atoms with Gasteiger partial charge in [0.2, 0.25) is 10.0 Å². The molecular formula is C15H20N4O3S. The number of hydrogen-bond acceptors (Lipinski definition) is 6. The van der Waals surface area contributed by atoms with Crippen LogP contribution >= 0.6 is 0 Å². The first kappa shape index (κ1) is 16.2. The molecule has 8 heteroatoms. The molecule has 3 heterocycles. The molecule has 2 aliphatic heterocycles. The predicted octanol–water partition coefficient (Wildman–Crippen LogP) is 0.584. The second-order valence-electron chi connectivity index (χ2n) is 5.78. The molecule has 1 unspecified atom stereocenters. The monoisotopic (exact) mass is 336 g/mol. The number of anilines is 1. The lowest BCUT2D eigenvalue weighted by molar-refractivity contribution is 0.0725. The largest absolute Gasteiger partial charge is 0.379 e. The number of nitrogens with zero attached hydrogens (tertiary/aromatic N) is 4. The van der Waals surface area contributed by atoms with E-state index in [0.717, 1.165) is 18.7 Å². The van der Waals surface area contributed by atoms with Gasteiger partial charge in [-0.3, -0.25) is 0 Å². The number of pyridine rings is 1. The van der Waals surface area contributed by atoms with Crippen LogP contribution in [0.5, 0.6) is 0 Å². The van der Waals surface area contributed by atoms with Crippen LogP contribution in [0.4, 0.5) is 5.69 Å². The quantitative estimate of drug-likeness (QED) is 0.803. The van der Waals surface area contributed by atoms with Crippen molar-refractivity contribution in [1.82, 2.24) is 9.29 Å². The maximum atomic E-state index is 12.8. The summed E-state index contributed by atoms with van der Waals surface area (Å²) < 4.78 is 32.4. The lowest BCUT2D eigenvalue weighted by Gasteiger charge is -2.37. The highest BCUT2D eigenvalue weighted by molar-refractivity contribution is 7.89. The normalized spacial score (nSPS) is 23.4. The Hall–Kier alpha value is -1.69. The second-order valence-corrected chi connectivity index (χ2v) is 7.99. The number of rotatable bonds is 3. The molecule has 0 radical (unpaired) electrons. The lowest BCUT2D eigenvalue weighted by atomic mass is 10.1. The van der Waals surface area contributed by atoms with Gasteiger partial charge in [0.1, 0.15) is 11.8 Å². The van der Waals surface area contributed by atoms with E-state index in [-0.39, 0.29) is 0 Å². The summed E-state index contributed by atoms with van der Waals surface area (Å²) in [5.74, 6) is 0. The molecule has 0 aromatic carbocycles. The summed E-state index contributed by atoms with van der Waals surface area (Å²) >= 11 is 0. The zero-order valence-electron chi connectivity index (χ0n) is 12.9. The molecule has 2 saturated heterocycles. The summed E-state index contributed by atoms with van der Waals surface area (Å²) in [7, 11) is -3.30. The fourth-order valence-electron chi connectivity index (χ4n) is 3.07. The highest BCUT2D eigenvalue weighted by Crippen LogP contribution is 2.25. The van der Waals surface area contributed by atoms with Gasteiger partial charge in [-0.25, -0.2) is 13.4 Å². The molecule has 7 nitrogen and oxygen atoms in total. The Labute approximate surface area is 136 Å². The molecular weight excluding hydrogens is 316 g/mol. The first-order valence-corrected chi connectivity index (χ1v) is 9.29. The van der Waals surface area contributed by atoms with Crippen LogP contribution in [0.2, 0.25) is 0 Å². The topological polar surface area (TPSA) is 86.5 Å². The maximum absolute atomic E-state index is 12.8. The molecule has 1 aromatic rings. The van der Waals surface area contributed by atoms with Crippen molar-refractivity contribution in [2.24, 2.45) is 0 Å². The van der Waals surface area contributed by atoms with Gasteiger partial charge in [0.25, 0.3) is 0 Å². The molecule has 23 heavy (non-hydrogen) atoms. The van der Waals surface area contributed by atoms with Crippen molar-refractivity contribution in [3.8, 4) is 6.07 Å². The number of nitriles is 1. The number of aromatic nitrogens is 1. The van der Waals surface area contributed by atoms with Crippen LogP contribution in [0.25, 0.3) is 0 Å². The van der Waals surface area contributed by atoms with Crippen molar-refractivity contribution in [3.63, 3.8) is 0 Å². The molecule has 0 N–H and O–H groups in total. The summed E-state index contributed by atoms with van der Waals surface area (Å²) in [6.07, 6.45) is 3.15. The molecule has 0 spiro atoms. The summed E-state index contributed by atoms with van der Waals surface area (Å²) in [5.41, 5.74) is 1.23. The fraction of sp³-hybridized carbons (Fsp3) is 0.600. The number of hydrogen-bond donors (Lipinski definition) is 0. The minimum absolute atomic E-state index is 0.364. The molecule has 0 aliphatic carbocycles. The number of morpholine rings is 1. The minimum Gasteiger partial charge on any atom is -0.379 e. The predicted molar refractivity (Wildman–Crippen MR) is 85.5 cm³/mol. The zero-order chi connectivity index (χ0) is 16.3. The van der Waals surface area contributed by atoms with E-state index in [1.54, 1.807) is 16.6 Å². The van der Waals surface area contributed by atoms with E-state index >= 15 is 0 Å². The average molecular weight is 336 g/mol. The average Bonchev–Trinajstić information content (AvgIpc) is 2.62. The molecule has 1 atom stereocenters. The van der Waals surface area contributed by atoms with Crippen molar-refractivity contribution in [2.75, 3.05) is 44.3 Å². The van der Waals surface area contributed by atoms with Gasteiger partial charge >= 0.3 is 0 Å². The van der Waals surface area contributed by atoms with Crippen LogP contribution in [-0.2, 0) is 14.8 Å². The highest BCUT2D eigenvalue weighted by atomic mass is 32.2. The van der Waals surface area contributed by atoms with Gasteiger partial charge in [0.05, 0.1) is 30.3 Å². The summed E-state index contributed by atoms with van der Waals surface area (Å²) in [4.78, 5) is 6.11. The summed E-state index contributed by atoms with van der Waals surface area (Å²) in [5, 5.41) is 8.41. The third-order valence-corrected chi connectivity index (χ3v) is 6.67. The Morgan fingerprint density at radius 3 is 2.70 bits per heavy atom. The Kier molecular flexibility index (Phi) is 4.80. The van der Waals surface area contributed by atoms with Crippen LogP contribution in [0.15, 0.2) is 18.3 Å².